The Balaban J connectivity index is 1.42. The zero-order chi connectivity index (χ0) is 25.1. The van der Waals surface area contributed by atoms with Gasteiger partial charge in [0.15, 0.2) is 11.4 Å². The molecule has 0 aliphatic carbocycles. The van der Waals surface area contributed by atoms with Crippen LogP contribution < -0.4 is 9.48 Å². The lowest BCUT2D eigenvalue weighted by atomic mass is 9.99. The normalized spacial score (nSPS) is 16.6. The Morgan fingerprint density at radius 3 is 2.08 bits per heavy atom. The Bertz CT molecular complexity index is 1760. The zero-order valence-electron chi connectivity index (χ0n) is 20.3. The predicted molar refractivity (Wildman–Crippen MR) is 152 cm³/mol. The van der Waals surface area contributed by atoms with Gasteiger partial charge in [0.2, 0.25) is 0 Å². The Hall–Kier alpha value is -5.23. The van der Waals surface area contributed by atoms with E-state index in [9.17, 15) is 0 Å². The molecule has 3 aliphatic heterocycles. The van der Waals surface area contributed by atoms with Gasteiger partial charge in [-0.05, 0) is 30.3 Å². The van der Waals surface area contributed by atoms with Gasteiger partial charge < -0.3 is 4.90 Å². The third kappa shape index (κ3) is 3.04. The number of aliphatic imine (C=N–C) groups is 1. The van der Waals surface area contributed by atoms with Crippen LogP contribution in [0.4, 0.5) is 23.0 Å². The number of para-hydroxylation sites is 2. The predicted octanol–water partition coefficient (Wildman–Crippen LogP) is 6.33. The van der Waals surface area contributed by atoms with Crippen LogP contribution in [0.1, 0.15) is 5.69 Å². The lowest BCUT2D eigenvalue weighted by Crippen LogP contribution is -2.47. The molecule has 3 aromatic carbocycles. The molecule has 0 saturated heterocycles. The number of benzene rings is 3. The minimum absolute atomic E-state index is 0.107. The maximum absolute atomic E-state index is 5.15. The van der Waals surface area contributed by atoms with E-state index in [1.807, 2.05) is 54.9 Å². The van der Waals surface area contributed by atoms with E-state index in [1.54, 1.807) is 0 Å². The zero-order valence-corrected chi connectivity index (χ0v) is 20.3. The molecule has 6 heteroatoms. The molecule has 0 spiro atoms. The molecule has 0 radical (unpaired) electrons. The van der Waals surface area contributed by atoms with Gasteiger partial charge in [-0.15, -0.1) is 0 Å². The third-order valence-electron chi connectivity index (χ3n) is 7.24. The van der Waals surface area contributed by atoms with Gasteiger partial charge >= 0.3 is 5.95 Å². The van der Waals surface area contributed by atoms with Gasteiger partial charge in [-0.3, -0.25) is 9.98 Å². The number of aromatic nitrogens is 3. The summed E-state index contributed by atoms with van der Waals surface area (Å²) in [5.41, 5.74) is 9.91. The highest BCUT2D eigenvalue weighted by Gasteiger charge is 2.47. The monoisotopic (exact) mass is 489 g/mol. The van der Waals surface area contributed by atoms with Crippen molar-refractivity contribution in [3.63, 3.8) is 0 Å². The summed E-state index contributed by atoms with van der Waals surface area (Å²) in [5.74, 6) is 0.627. The largest absolute Gasteiger partial charge is 0.439 e. The van der Waals surface area contributed by atoms with Gasteiger partial charge in [-0.2, -0.15) is 4.58 Å². The molecular formula is C32H21N6+. The fourth-order valence-electron chi connectivity index (χ4n) is 5.60. The van der Waals surface area contributed by atoms with E-state index < -0.39 is 0 Å². The molecule has 0 bridgehead atoms. The van der Waals surface area contributed by atoms with Crippen molar-refractivity contribution in [1.82, 2.24) is 19.5 Å². The lowest BCUT2D eigenvalue weighted by molar-refractivity contribution is 0.888. The van der Waals surface area contributed by atoms with Crippen LogP contribution in [0.5, 0.6) is 0 Å². The van der Waals surface area contributed by atoms with Crippen LogP contribution in [0.15, 0.2) is 127 Å². The number of hydrogen-bond acceptors (Lipinski definition) is 5. The molecule has 178 valence electrons. The van der Waals surface area contributed by atoms with E-state index in [4.69, 9.17) is 19.9 Å². The summed E-state index contributed by atoms with van der Waals surface area (Å²) in [6, 6.07) is 35.0. The number of rotatable bonds is 3. The maximum atomic E-state index is 5.15. The first-order chi connectivity index (χ1) is 18.9. The number of fused-ring (bicyclic) bond motifs is 5. The first-order valence-corrected chi connectivity index (χ1v) is 12.6. The summed E-state index contributed by atoms with van der Waals surface area (Å²) in [6.45, 7) is 0. The van der Waals surface area contributed by atoms with E-state index in [-0.39, 0.29) is 6.04 Å². The Kier molecular flexibility index (Phi) is 4.48. The Labute approximate surface area is 219 Å². The van der Waals surface area contributed by atoms with Crippen LogP contribution in [0.2, 0.25) is 0 Å². The van der Waals surface area contributed by atoms with Crippen LogP contribution in [0.3, 0.4) is 0 Å². The van der Waals surface area contributed by atoms with Crippen molar-refractivity contribution in [3.8, 4) is 22.5 Å². The number of hydrogen-bond donors (Lipinski definition) is 0. The highest BCUT2D eigenvalue weighted by molar-refractivity contribution is 6.32. The van der Waals surface area contributed by atoms with Crippen LogP contribution in [0.25, 0.3) is 22.5 Å². The highest BCUT2D eigenvalue weighted by atomic mass is 15.3. The second kappa shape index (κ2) is 8.15. The van der Waals surface area contributed by atoms with Crippen molar-refractivity contribution in [1.29, 1.82) is 0 Å². The van der Waals surface area contributed by atoms with Crippen LogP contribution in [-0.4, -0.2) is 32.4 Å². The van der Waals surface area contributed by atoms with Crippen LogP contribution in [-0.2, 0) is 0 Å². The quantitative estimate of drug-likeness (QED) is 0.278. The van der Waals surface area contributed by atoms with Crippen molar-refractivity contribution in [3.05, 3.63) is 127 Å². The molecule has 8 rings (SSSR count). The second-order valence-corrected chi connectivity index (χ2v) is 9.39. The molecule has 5 heterocycles. The molecule has 2 aromatic heterocycles. The summed E-state index contributed by atoms with van der Waals surface area (Å²) < 4.78 is 2.19. The van der Waals surface area contributed by atoms with Crippen LogP contribution >= 0.6 is 0 Å². The maximum Gasteiger partial charge on any atom is 0.439 e. The van der Waals surface area contributed by atoms with E-state index in [0.717, 1.165) is 56.7 Å². The highest BCUT2D eigenvalue weighted by Crippen LogP contribution is 2.47. The molecule has 1 atom stereocenters. The van der Waals surface area contributed by atoms with E-state index in [0.29, 0.717) is 5.95 Å². The lowest BCUT2D eigenvalue weighted by Gasteiger charge is -2.34. The smallest absolute Gasteiger partial charge is 0.320 e. The third-order valence-corrected chi connectivity index (χ3v) is 7.24. The number of pyridine rings is 1. The molecule has 3 aliphatic rings. The molecule has 1 unspecified atom stereocenters. The molecule has 0 N–H and O–H groups in total. The Morgan fingerprint density at radius 1 is 0.684 bits per heavy atom. The Morgan fingerprint density at radius 2 is 1.34 bits per heavy atom. The average molecular weight is 490 g/mol. The van der Waals surface area contributed by atoms with Crippen molar-refractivity contribution < 1.29 is 0 Å². The van der Waals surface area contributed by atoms with E-state index in [2.05, 4.69) is 76.2 Å². The van der Waals surface area contributed by atoms with Gasteiger partial charge in [-0.25, -0.2) is 0 Å². The molecule has 0 fully saturated rings. The van der Waals surface area contributed by atoms with Gasteiger partial charge in [0.1, 0.15) is 23.1 Å². The minimum Gasteiger partial charge on any atom is -0.320 e. The van der Waals surface area contributed by atoms with Gasteiger partial charge in [0.25, 0.3) is 0 Å². The van der Waals surface area contributed by atoms with Crippen molar-refractivity contribution in [2.45, 2.75) is 6.04 Å². The van der Waals surface area contributed by atoms with Gasteiger partial charge in [-0.1, -0.05) is 82.8 Å². The molecule has 38 heavy (non-hydrogen) atoms. The SMILES string of the molecule is C1=CC2=[N+](c3nc(-c4ccccc4)cc(-c4ccccc4)n3)c3ccccc3N3c4cccnc4C(=N1)C23. The number of nitrogens with zero attached hydrogens (tertiary/aromatic N) is 6. The summed E-state index contributed by atoms with van der Waals surface area (Å²) in [6.07, 6.45) is 5.77. The summed E-state index contributed by atoms with van der Waals surface area (Å²) in [7, 11) is 0. The number of anilines is 2. The van der Waals surface area contributed by atoms with Gasteiger partial charge in [0, 0.05) is 29.6 Å². The first-order valence-electron chi connectivity index (χ1n) is 12.6. The summed E-state index contributed by atoms with van der Waals surface area (Å²) in [5, 5.41) is 0. The topological polar surface area (TPSA) is 57.3 Å². The summed E-state index contributed by atoms with van der Waals surface area (Å²) in [4.78, 5) is 22.1. The molecule has 6 nitrogen and oxygen atoms in total. The van der Waals surface area contributed by atoms with Gasteiger partial charge in [0.05, 0.1) is 17.1 Å². The van der Waals surface area contributed by atoms with Crippen LogP contribution in [0, 0.1) is 0 Å². The fourth-order valence-corrected chi connectivity index (χ4v) is 5.60. The summed E-state index contributed by atoms with van der Waals surface area (Å²) >= 11 is 0. The van der Waals surface area contributed by atoms with Crippen molar-refractivity contribution in [2.75, 3.05) is 4.90 Å². The molecule has 0 amide bonds. The molecular weight excluding hydrogens is 468 g/mol. The van der Waals surface area contributed by atoms with E-state index >= 15 is 0 Å². The standard InChI is InChI=1S/C32H21N6/c1-3-10-21(11-4-1)23-20-24(22-12-5-2-6-13-22)36-32(35-23)38-26-15-8-7-14-25(26)37-27-16-9-18-33-29(27)30-31(37)28(38)17-19-34-30/h1-20,31H/q+1. The van der Waals surface area contributed by atoms with Crippen molar-refractivity contribution >= 4 is 34.4 Å². The molecule has 0 saturated carbocycles. The molecule has 5 aromatic rings. The average Bonchev–Trinajstić information content (AvgIpc) is 3.34. The fraction of sp³-hybridized carbons (Fsp3) is 0.0312. The first kappa shape index (κ1) is 20.9. The van der Waals surface area contributed by atoms with E-state index in [1.165, 1.54) is 0 Å². The van der Waals surface area contributed by atoms with Crippen molar-refractivity contribution in [2.24, 2.45) is 4.99 Å². The second-order valence-electron chi connectivity index (χ2n) is 9.39. The minimum atomic E-state index is -0.107.